The largest absolute Gasteiger partial charge is 0.508 e. The highest BCUT2D eigenvalue weighted by atomic mass is 16.8. The van der Waals surface area contributed by atoms with Crippen LogP contribution in [0, 0.1) is 0 Å². The third kappa shape index (κ3) is 3.00. The van der Waals surface area contributed by atoms with E-state index in [0.717, 1.165) is 5.56 Å². The Bertz CT molecular complexity index is 602. The number of rotatable bonds is 4. The van der Waals surface area contributed by atoms with Crippen LogP contribution in [0.15, 0.2) is 30.3 Å². The number of carbonyl (C=O) groups excluding carboxylic acids is 1. The zero-order valence-electron chi connectivity index (χ0n) is 13.5. The molecule has 1 aromatic carbocycles. The fourth-order valence-corrected chi connectivity index (χ4v) is 3.26. The molecule has 5 atom stereocenters. The van der Waals surface area contributed by atoms with Gasteiger partial charge in [0.2, 0.25) is 0 Å². The average molecular weight is 336 g/mol. The molecule has 0 spiro atoms. The first-order chi connectivity index (χ1) is 11.5. The summed E-state index contributed by atoms with van der Waals surface area (Å²) in [5, 5.41) is 0. The molecule has 0 amide bonds. The fourth-order valence-electron chi connectivity index (χ4n) is 3.26. The molecular weight excluding hydrogens is 316 g/mol. The van der Waals surface area contributed by atoms with E-state index in [4.69, 9.17) is 28.4 Å². The highest BCUT2D eigenvalue weighted by Gasteiger charge is 2.58. The van der Waals surface area contributed by atoms with E-state index in [0.29, 0.717) is 6.61 Å². The Labute approximate surface area is 139 Å². The molecule has 3 fully saturated rings. The van der Waals surface area contributed by atoms with Crippen LogP contribution in [0.2, 0.25) is 0 Å². The number of carbonyl (C=O) groups is 1. The Morgan fingerprint density at radius 3 is 2.67 bits per heavy atom. The Balaban J connectivity index is 1.50. The van der Waals surface area contributed by atoms with Crippen LogP contribution < -0.4 is 0 Å². The van der Waals surface area contributed by atoms with Crippen LogP contribution in [0.3, 0.4) is 0 Å². The molecule has 130 valence electrons. The van der Waals surface area contributed by atoms with Crippen molar-refractivity contribution in [3.63, 3.8) is 0 Å². The van der Waals surface area contributed by atoms with Crippen molar-refractivity contribution in [2.24, 2.45) is 0 Å². The van der Waals surface area contributed by atoms with Crippen LogP contribution in [-0.4, -0.2) is 49.3 Å². The highest BCUT2D eigenvalue weighted by molar-refractivity contribution is 5.62. The van der Waals surface area contributed by atoms with Crippen LogP contribution in [0.5, 0.6) is 0 Å². The number of hydrogen-bond donors (Lipinski definition) is 0. The molecule has 0 N–H and O–H groups in total. The standard InChI is InChI=1S/C17H20O7/c1-17(2)23-14-13(19-8-10-6-4-3-5-7-10)12(22-15(14)24-17)11-9-20-16(18)21-11/h3-7,11-15H,8-9H2,1-2H3/t11-,12+,13?,14-,15+/m0/s1. The summed E-state index contributed by atoms with van der Waals surface area (Å²) in [5.41, 5.74) is 1.04. The molecule has 3 heterocycles. The SMILES string of the molecule is CC1(C)O[C@H]2O[C@H]([C@@H]3COC(=O)O3)C(OCc3ccccc3)[C@@H]2O1. The van der Waals surface area contributed by atoms with Gasteiger partial charge in [0.25, 0.3) is 0 Å². The monoisotopic (exact) mass is 336 g/mol. The van der Waals surface area contributed by atoms with Crippen molar-refractivity contribution in [2.45, 2.75) is 56.9 Å². The summed E-state index contributed by atoms with van der Waals surface area (Å²) in [7, 11) is 0. The molecule has 7 nitrogen and oxygen atoms in total. The van der Waals surface area contributed by atoms with Gasteiger partial charge in [-0.15, -0.1) is 0 Å². The molecule has 0 aliphatic carbocycles. The van der Waals surface area contributed by atoms with Crippen LogP contribution in [0.4, 0.5) is 4.79 Å². The van der Waals surface area contributed by atoms with Crippen LogP contribution in [0.1, 0.15) is 19.4 Å². The number of ether oxygens (including phenoxy) is 6. The summed E-state index contributed by atoms with van der Waals surface area (Å²) in [4.78, 5) is 11.2. The van der Waals surface area contributed by atoms with Crippen molar-refractivity contribution >= 4 is 6.16 Å². The molecule has 3 aliphatic heterocycles. The number of benzene rings is 1. The second kappa shape index (κ2) is 6.00. The minimum atomic E-state index is -0.739. The number of fused-ring (bicyclic) bond motifs is 1. The second-order valence-electron chi connectivity index (χ2n) is 6.55. The van der Waals surface area contributed by atoms with E-state index in [1.54, 1.807) is 0 Å². The van der Waals surface area contributed by atoms with Gasteiger partial charge in [-0.3, -0.25) is 0 Å². The average Bonchev–Trinajstić information content (AvgIpc) is 3.18. The third-order valence-corrected chi connectivity index (χ3v) is 4.29. The highest BCUT2D eigenvalue weighted by Crippen LogP contribution is 2.41. The molecule has 24 heavy (non-hydrogen) atoms. The second-order valence-corrected chi connectivity index (χ2v) is 6.55. The van der Waals surface area contributed by atoms with E-state index in [9.17, 15) is 4.79 Å². The molecule has 0 radical (unpaired) electrons. The maximum absolute atomic E-state index is 11.2. The van der Waals surface area contributed by atoms with Gasteiger partial charge in [0.15, 0.2) is 18.2 Å². The Hall–Kier alpha value is -1.67. The normalized spacial score (nSPS) is 37.1. The minimum Gasteiger partial charge on any atom is -0.430 e. The van der Waals surface area contributed by atoms with Crippen molar-refractivity contribution in [3.8, 4) is 0 Å². The van der Waals surface area contributed by atoms with Gasteiger partial charge in [-0.05, 0) is 19.4 Å². The molecule has 4 rings (SSSR count). The van der Waals surface area contributed by atoms with Crippen LogP contribution >= 0.6 is 0 Å². The third-order valence-electron chi connectivity index (χ3n) is 4.29. The molecule has 0 aromatic heterocycles. The van der Waals surface area contributed by atoms with Crippen LogP contribution in [0.25, 0.3) is 0 Å². The summed E-state index contributed by atoms with van der Waals surface area (Å²) in [5.74, 6) is -0.739. The lowest BCUT2D eigenvalue weighted by molar-refractivity contribution is -0.228. The lowest BCUT2D eigenvalue weighted by Gasteiger charge is -2.27. The maximum Gasteiger partial charge on any atom is 0.508 e. The Kier molecular flexibility index (Phi) is 3.96. The molecule has 0 saturated carbocycles. The molecule has 0 bridgehead atoms. The lowest BCUT2D eigenvalue weighted by Crippen LogP contribution is -2.43. The van der Waals surface area contributed by atoms with E-state index in [2.05, 4.69) is 0 Å². The van der Waals surface area contributed by atoms with Gasteiger partial charge < -0.3 is 28.4 Å². The summed E-state index contributed by atoms with van der Waals surface area (Å²) in [6, 6.07) is 9.82. The first-order valence-corrected chi connectivity index (χ1v) is 8.02. The molecule has 3 saturated heterocycles. The van der Waals surface area contributed by atoms with Crippen molar-refractivity contribution < 1.29 is 33.2 Å². The number of hydrogen-bond acceptors (Lipinski definition) is 7. The van der Waals surface area contributed by atoms with Gasteiger partial charge in [-0.25, -0.2) is 4.79 Å². The maximum atomic E-state index is 11.2. The Morgan fingerprint density at radius 1 is 1.17 bits per heavy atom. The van der Waals surface area contributed by atoms with Crippen molar-refractivity contribution in [3.05, 3.63) is 35.9 Å². The summed E-state index contributed by atoms with van der Waals surface area (Å²) >= 11 is 0. The summed E-state index contributed by atoms with van der Waals surface area (Å²) in [6.45, 7) is 4.20. The predicted octanol–water partition coefficient (Wildman–Crippen LogP) is 1.98. The minimum absolute atomic E-state index is 0.136. The zero-order valence-corrected chi connectivity index (χ0v) is 13.5. The number of cyclic esters (lactones) is 2. The van der Waals surface area contributed by atoms with Gasteiger partial charge >= 0.3 is 6.16 Å². The van der Waals surface area contributed by atoms with E-state index in [1.807, 2.05) is 44.2 Å². The van der Waals surface area contributed by atoms with E-state index >= 15 is 0 Å². The Morgan fingerprint density at radius 2 is 1.96 bits per heavy atom. The first kappa shape index (κ1) is 15.8. The van der Waals surface area contributed by atoms with Gasteiger partial charge in [-0.2, -0.15) is 0 Å². The van der Waals surface area contributed by atoms with Crippen molar-refractivity contribution in [1.29, 1.82) is 0 Å². The van der Waals surface area contributed by atoms with Gasteiger partial charge in [0.1, 0.15) is 24.9 Å². The van der Waals surface area contributed by atoms with E-state index in [1.165, 1.54) is 0 Å². The molecular formula is C17H20O7. The molecule has 7 heteroatoms. The lowest BCUT2D eigenvalue weighted by atomic mass is 10.1. The van der Waals surface area contributed by atoms with Crippen LogP contribution in [-0.2, 0) is 35.0 Å². The van der Waals surface area contributed by atoms with Gasteiger partial charge in [-0.1, -0.05) is 30.3 Å². The fraction of sp³-hybridized carbons (Fsp3) is 0.588. The summed E-state index contributed by atoms with van der Waals surface area (Å²) < 4.78 is 33.7. The molecule has 1 aromatic rings. The topological polar surface area (TPSA) is 72.5 Å². The summed E-state index contributed by atoms with van der Waals surface area (Å²) in [6.07, 6.45) is -3.07. The van der Waals surface area contributed by atoms with Gasteiger partial charge in [0.05, 0.1) is 6.61 Å². The van der Waals surface area contributed by atoms with E-state index < -0.39 is 36.5 Å². The quantitative estimate of drug-likeness (QED) is 0.779. The van der Waals surface area contributed by atoms with E-state index in [-0.39, 0.29) is 12.7 Å². The molecule has 3 aliphatic rings. The predicted molar refractivity (Wildman–Crippen MR) is 79.9 cm³/mol. The zero-order chi connectivity index (χ0) is 16.7. The van der Waals surface area contributed by atoms with Gasteiger partial charge in [0, 0.05) is 0 Å². The molecule has 1 unspecified atom stereocenters. The van der Waals surface area contributed by atoms with Crippen molar-refractivity contribution in [1.82, 2.24) is 0 Å². The first-order valence-electron chi connectivity index (χ1n) is 8.02. The smallest absolute Gasteiger partial charge is 0.430 e. The van der Waals surface area contributed by atoms with Crippen molar-refractivity contribution in [2.75, 3.05) is 6.61 Å².